The highest BCUT2D eigenvalue weighted by atomic mass is 28.4. The van der Waals surface area contributed by atoms with Gasteiger partial charge in [0.15, 0.2) is 0 Å². The van der Waals surface area contributed by atoms with Crippen molar-refractivity contribution >= 4 is 15.0 Å². The first-order valence-corrected chi connectivity index (χ1v) is 12.8. The Morgan fingerprint density at radius 1 is 0.786 bits per heavy atom. The maximum atomic E-state index is 11.9. The van der Waals surface area contributed by atoms with Gasteiger partial charge in [-0.1, -0.05) is 58.3 Å². The second-order valence-corrected chi connectivity index (χ2v) is 11.0. The summed E-state index contributed by atoms with van der Waals surface area (Å²) in [5.41, 5.74) is -0.498. The highest BCUT2D eigenvalue weighted by Gasteiger charge is 2.37. The molecule has 0 aromatic heterocycles. The topological polar surface area (TPSA) is 63.2 Å². The van der Waals surface area contributed by atoms with Crippen LogP contribution in [-0.2, 0) is 22.8 Å². The van der Waals surface area contributed by atoms with Crippen LogP contribution in [0.1, 0.15) is 91.4 Å². The van der Waals surface area contributed by atoms with Gasteiger partial charge in [-0.05, 0) is 33.1 Å². The van der Waals surface area contributed by atoms with Gasteiger partial charge in [-0.25, -0.2) is 4.79 Å². The fourth-order valence-corrected chi connectivity index (χ4v) is 4.86. The molecule has 0 saturated carbocycles. The predicted octanol–water partition coefficient (Wildman–Crippen LogP) is 6.11. The Morgan fingerprint density at radius 3 is 1.79 bits per heavy atom. The quantitative estimate of drug-likeness (QED) is 0.151. The Kier molecular flexibility index (Phi) is 15.8. The molecule has 0 unspecified atom stereocenters. The monoisotopic (exact) mass is 420 g/mol. The first-order chi connectivity index (χ1) is 13.3. The Morgan fingerprint density at radius 2 is 1.29 bits per heavy atom. The lowest BCUT2D eigenvalue weighted by atomic mass is 9.99. The average molecular weight is 421 g/mol. The average Bonchev–Trinajstić information content (AvgIpc) is 2.67. The Bertz CT molecular complexity index is 377. The highest BCUT2D eigenvalue weighted by molar-refractivity contribution is 6.60. The molecule has 28 heavy (non-hydrogen) atoms. The van der Waals surface area contributed by atoms with Crippen molar-refractivity contribution in [1.82, 2.24) is 0 Å². The number of hydrogen-bond donors (Lipinski definition) is 0. The third-order valence-electron chi connectivity index (χ3n) is 5.02. The summed E-state index contributed by atoms with van der Waals surface area (Å²) in [6, 6.07) is 0.589. The van der Waals surface area contributed by atoms with Crippen molar-refractivity contribution in [1.29, 1.82) is 0 Å². The van der Waals surface area contributed by atoms with Crippen molar-refractivity contribution in [2.45, 2.75) is 103 Å². The summed E-state index contributed by atoms with van der Waals surface area (Å²) >= 11 is 0. The zero-order valence-electron chi connectivity index (χ0n) is 19.1. The van der Waals surface area contributed by atoms with Gasteiger partial charge in [0.25, 0.3) is 0 Å². The molecule has 7 heteroatoms. The molecule has 0 bridgehead atoms. The predicted molar refractivity (Wildman–Crippen MR) is 115 cm³/mol. The van der Waals surface area contributed by atoms with Crippen LogP contribution < -0.4 is 0 Å². The summed E-state index contributed by atoms with van der Waals surface area (Å²) < 4.78 is 26.7. The van der Waals surface area contributed by atoms with Gasteiger partial charge >= 0.3 is 15.0 Å². The van der Waals surface area contributed by atoms with Crippen LogP contribution in [0.15, 0.2) is 0 Å². The third-order valence-corrected chi connectivity index (χ3v) is 7.85. The Hall–Kier alpha value is -0.633. The van der Waals surface area contributed by atoms with Crippen LogP contribution in [0, 0.1) is 0 Å². The number of unbranched alkanes of at least 4 members (excludes halogenated alkanes) is 8. The van der Waals surface area contributed by atoms with Crippen LogP contribution in [0.3, 0.4) is 0 Å². The molecule has 168 valence electrons. The smallest absolute Gasteiger partial charge is 0.434 e. The van der Waals surface area contributed by atoms with Gasteiger partial charge in [-0.15, -0.1) is 0 Å². The number of carbonyl (C=O) groups excluding carboxylic acids is 1. The Labute approximate surface area is 174 Å². The lowest BCUT2D eigenvalue weighted by molar-refractivity contribution is -0.0218. The van der Waals surface area contributed by atoms with Crippen molar-refractivity contribution in [2.24, 2.45) is 0 Å². The number of ether oxygens (including phenoxy) is 2. The van der Waals surface area contributed by atoms with Gasteiger partial charge in [0.05, 0.1) is 6.61 Å². The molecule has 6 nitrogen and oxygen atoms in total. The SMILES string of the molecule is CCCCCCCCCCCC(C)(C)OC(=O)OCCC[Si](OC)(OC)OC. The van der Waals surface area contributed by atoms with Crippen molar-refractivity contribution in [3.05, 3.63) is 0 Å². The molecule has 0 aromatic carbocycles. The number of hydrogen-bond acceptors (Lipinski definition) is 6. The minimum Gasteiger partial charge on any atom is -0.434 e. The summed E-state index contributed by atoms with van der Waals surface area (Å²) in [5, 5.41) is 0. The van der Waals surface area contributed by atoms with Crippen LogP contribution >= 0.6 is 0 Å². The van der Waals surface area contributed by atoms with Crippen molar-refractivity contribution in [2.75, 3.05) is 27.9 Å². The highest BCUT2D eigenvalue weighted by Crippen LogP contribution is 2.21. The van der Waals surface area contributed by atoms with Gasteiger partial charge in [0.1, 0.15) is 5.60 Å². The molecule has 0 rings (SSSR count). The van der Waals surface area contributed by atoms with E-state index in [1.54, 1.807) is 21.3 Å². The fourth-order valence-electron chi connectivity index (χ4n) is 3.17. The summed E-state index contributed by atoms with van der Waals surface area (Å²) in [6.45, 7) is 6.39. The first kappa shape index (κ1) is 27.4. The maximum absolute atomic E-state index is 11.9. The molecule has 0 heterocycles. The van der Waals surface area contributed by atoms with Crippen LogP contribution in [0.25, 0.3) is 0 Å². The second-order valence-electron chi connectivity index (χ2n) is 7.94. The van der Waals surface area contributed by atoms with E-state index in [4.69, 9.17) is 22.8 Å². The van der Waals surface area contributed by atoms with E-state index in [0.717, 1.165) is 12.8 Å². The van der Waals surface area contributed by atoms with E-state index >= 15 is 0 Å². The summed E-state index contributed by atoms with van der Waals surface area (Å²) in [7, 11) is 2.11. The van der Waals surface area contributed by atoms with Crippen LogP contribution in [-0.4, -0.2) is 48.5 Å². The van der Waals surface area contributed by atoms with E-state index in [2.05, 4.69) is 6.92 Å². The molecule has 0 amide bonds. The van der Waals surface area contributed by atoms with E-state index in [9.17, 15) is 4.79 Å². The molecule has 0 radical (unpaired) electrons. The summed E-state index contributed by atoms with van der Waals surface area (Å²) in [4.78, 5) is 11.9. The summed E-state index contributed by atoms with van der Waals surface area (Å²) in [5.74, 6) is 0. The molecule has 0 N–H and O–H groups in total. The molecule has 0 aliphatic carbocycles. The van der Waals surface area contributed by atoms with E-state index in [1.807, 2.05) is 13.8 Å². The van der Waals surface area contributed by atoms with E-state index < -0.39 is 20.6 Å². The van der Waals surface area contributed by atoms with Gasteiger partial charge in [-0.2, -0.15) is 0 Å². The maximum Gasteiger partial charge on any atom is 0.508 e. The van der Waals surface area contributed by atoms with Crippen molar-refractivity contribution in [3.8, 4) is 0 Å². The van der Waals surface area contributed by atoms with Crippen molar-refractivity contribution < 1.29 is 27.5 Å². The molecule has 0 aliphatic heterocycles. The van der Waals surface area contributed by atoms with E-state index in [0.29, 0.717) is 12.5 Å². The second kappa shape index (κ2) is 16.2. The van der Waals surface area contributed by atoms with Gasteiger partial charge < -0.3 is 22.8 Å². The molecular weight excluding hydrogens is 376 g/mol. The number of carbonyl (C=O) groups is 1. The normalized spacial score (nSPS) is 12.2. The molecule has 0 aromatic rings. The standard InChI is InChI=1S/C21H44O6Si/c1-7-8-9-10-11-12-13-14-15-17-21(2,3)27-20(22)26-18-16-19-28(23-4,24-5)25-6/h7-19H2,1-6H3. The largest absolute Gasteiger partial charge is 0.508 e. The molecule has 0 fully saturated rings. The van der Waals surface area contributed by atoms with Gasteiger partial charge in [0.2, 0.25) is 0 Å². The van der Waals surface area contributed by atoms with Gasteiger partial charge in [-0.3, -0.25) is 0 Å². The minimum absolute atomic E-state index is 0.262. The third kappa shape index (κ3) is 13.5. The Balaban J connectivity index is 3.81. The molecule has 0 spiro atoms. The minimum atomic E-state index is -2.61. The van der Waals surface area contributed by atoms with Gasteiger partial charge in [0, 0.05) is 27.4 Å². The lowest BCUT2D eigenvalue weighted by Crippen LogP contribution is -2.42. The molecular formula is C21H44O6Si. The van der Waals surface area contributed by atoms with Crippen LogP contribution in [0.5, 0.6) is 0 Å². The lowest BCUT2D eigenvalue weighted by Gasteiger charge is -2.25. The molecule has 0 aliphatic rings. The van der Waals surface area contributed by atoms with E-state index in [1.165, 1.54) is 51.4 Å². The fraction of sp³-hybridized carbons (Fsp3) is 0.952. The van der Waals surface area contributed by atoms with E-state index in [-0.39, 0.29) is 6.61 Å². The zero-order valence-corrected chi connectivity index (χ0v) is 20.1. The summed E-state index contributed by atoms with van der Waals surface area (Å²) in [6.07, 6.45) is 12.4. The molecule has 0 saturated heterocycles. The van der Waals surface area contributed by atoms with Crippen LogP contribution in [0.4, 0.5) is 4.79 Å². The first-order valence-electron chi connectivity index (χ1n) is 10.9. The molecule has 0 atom stereocenters. The zero-order chi connectivity index (χ0) is 21.3. The van der Waals surface area contributed by atoms with Crippen molar-refractivity contribution in [3.63, 3.8) is 0 Å². The van der Waals surface area contributed by atoms with Crippen LogP contribution in [0.2, 0.25) is 6.04 Å². The number of rotatable bonds is 18.